The summed E-state index contributed by atoms with van der Waals surface area (Å²) in [4.78, 5) is 0. The molecular weight excluding hydrogens is 275 g/mol. The van der Waals surface area contributed by atoms with Crippen LogP contribution in [0, 0.1) is 0 Å². The molecule has 0 bridgehead atoms. The Kier molecular flexibility index (Phi) is 2.98. The average molecular weight is 284 g/mol. The van der Waals surface area contributed by atoms with Gasteiger partial charge in [0.25, 0.3) is 0 Å². The highest BCUT2D eigenvalue weighted by Crippen LogP contribution is 2.32. The van der Waals surface area contributed by atoms with Crippen molar-refractivity contribution in [2.45, 2.75) is 0 Å². The first-order chi connectivity index (χ1) is 7.16. The normalized spacial score (nSPS) is 10.3. The minimum absolute atomic E-state index is 0.264. The van der Waals surface area contributed by atoms with Crippen LogP contribution < -0.4 is 0 Å². The molecule has 0 aliphatic heterocycles. The van der Waals surface area contributed by atoms with E-state index in [9.17, 15) is 5.11 Å². The zero-order valence-electron chi connectivity index (χ0n) is 7.74. The lowest BCUT2D eigenvalue weighted by molar-refractivity contribution is 0.477. The van der Waals surface area contributed by atoms with Crippen LogP contribution in [-0.2, 0) is 0 Å². The molecule has 0 unspecified atom stereocenters. The Balaban J connectivity index is 2.53. The first kappa shape index (κ1) is 10.5. The third-order valence-electron chi connectivity index (χ3n) is 2.11. The predicted octanol–water partition coefficient (Wildman–Crippen LogP) is 4.48. The molecule has 0 amide bonds. The van der Waals surface area contributed by atoms with Gasteiger partial charge in [-0.3, -0.25) is 0 Å². The maximum Gasteiger partial charge on any atom is 0.123 e. The SMILES string of the molecule is Oc1ccc(Br)cc1-c1ccc(Cl)cc1. The maximum atomic E-state index is 9.70. The minimum atomic E-state index is 0.264. The fourth-order valence-corrected chi connectivity index (χ4v) is 1.86. The molecule has 1 nitrogen and oxygen atoms in total. The first-order valence-electron chi connectivity index (χ1n) is 4.41. The summed E-state index contributed by atoms with van der Waals surface area (Å²) in [7, 11) is 0. The highest BCUT2D eigenvalue weighted by atomic mass is 79.9. The molecule has 0 aliphatic rings. The third kappa shape index (κ3) is 2.33. The number of benzene rings is 2. The van der Waals surface area contributed by atoms with Gasteiger partial charge >= 0.3 is 0 Å². The number of aromatic hydroxyl groups is 1. The quantitative estimate of drug-likeness (QED) is 0.818. The first-order valence-corrected chi connectivity index (χ1v) is 5.58. The number of hydrogen-bond donors (Lipinski definition) is 1. The van der Waals surface area contributed by atoms with Gasteiger partial charge in [-0.25, -0.2) is 0 Å². The van der Waals surface area contributed by atoms with Gasteiger partial charge in [-0.1, -0.05) is 39.7 Å². The maximum absolute atomic E-state index is 9.70. The monoisotopic (exact) mass is 282 g/mol. The molecule has 76 valence electrons. The summed E-state index contributed by atoms with van der Waals surface area (Å²) in [6.07, 6.45) is 0. The molecule has 0 aliphatic carbocycles. The largest absolute Gasteiger partial charge is 0.507 e. The number of phenols is 1. The van der Waals surface area contributed by atoms with Crippen molar-refractivity contribution in [1.29, 1.82) is 0 Å². The van der Waals surface area contributed by atoms with E-state index in [0.717, 1.165) is 15.6 Å². The van der Waals surface area contributed by atoms with Crippen molar-refractivity contribution in [1.82, 2.24) is 0 Å². The van der Waals surface area contributed by atoms with Gasteiger partial charge in [-0.2, -0.15) is 0 Å². The second-order valence-electron chi connectivity index (χ2n) is 3.17. The minimum Gasteiger partial charge on any atom is -0.507 e. The zero-order chi connectivity index (χ0) is 10.8. The molecule has 2 aromatic carbocycles. The molecule has 2 aromatic rings. The highest BCUT2D eigenvalue weighted by Gasteiger charge is 2.04. The molecule has 0 aromatic heterocycles. The lowest BCUT2D eigenvalue weighted by Crippen LogP contribution is -1.79. The van der Waals surface area contributed by atoms with E-state index in [1.807, 2.05) is 18.2 Å². The Morgan fingerprint density at radius 1 is 1.00 bits per heavy atom. The third-order valence-corrected chi connectivity index (χ3v) is 2.86. The summed E-state index contributed by atoms with van der Waals surface area (Å²) in [5.41, 5.74) is 1.74. The molecule has 0 heterocycles. The predicted molar refractivity (Wildman–Crippen MR) is 66.3 cm³/mol. The molecule has 0 spiro atoms. The molecular formula is C12H8BrClO. The van der Waals surface area contributed by atoms with Crippen molar-refractivity contribution in [3.63, 3.8) is 0 Å². The fourth-order valence-electron chi connectivity index (χ4n) is 1.37. The molecule has 0 fully saturated rings. The van der Waals surface area contributed by atoms with Gasteiger partial charge in [0.1, 0.15) is 5.75 Å². The molecule has 0 saturated heterocycles. The lowest BCUT2D eigenvalue weighted by Gasteiger charge is -2.05. The molecule has 0 atom stereocenters. The summed E-state index contributed by atoms with van der Waals surface area (Å²) in [5.74, 6) is 0.264. The van der Waals surface area contributed by atoms with E-state index in [2.05, 4.69) is 15.9 Å². The Morgan fingerprint density at radius 3 is 2.33 bits per heavy atom. The summed E-state index contributed by atoms with van der Waals surface area (Å²) >= 11 is 9.17. The molecule has 1 N–H and O–H groups in total. The van der Waals surface area contributed by atoms with Gasteiger partial charge in [0, 0.05) is 15.1 Å². The van der Waals surface area contributed by atoms with E-state index in [0.29, 0.717) is 5.02 Å². The Bertz CT molecular complexity index is 479. The molecule has 0 saturated carbocycles. The van der Waals surface area contributed by atoms with Crippen molar-refractivity contribution in [2.24, 2.45) is 0 Å². The Hall–Kier alpha value is -0.990. The fraction of sp³-hybridized carbons (Fsp3) is 0. The van der Waals surface area contributed by atoms with Crippen LogP contribution in [0.5, 0.6) is 5.75 Å². The van der Waals surface area contributed by atoms with E-state index in [1.54, 1.807) is 24.3 Å². The molecule has 3 heteroatoms. The average Bonchev–Trinajstić information content (AvgIpc) is 2.23. The summed E-state index contributed by atoms with van der Waals surface area (Å²) in [6, 6.07) is 12.7. The number of rotatable bonds is 1. The van der Waals surface area contributed by atoms with Crippen LogP contribution in [0.15, 0.2) is 46.9 Å². The zero-order valence-corrected chi connectivity index (χ0v) is 10.1. The molecule has 0 radical (unpaired) electrons. The summed E-state index contributed by atoms with van der Waals surface area (Å²) in [6.45, 7) is 0. The van der Waals surface area contributed by atoms with Gasteiger partial charge in [0.2, 0.25) is 0 Å². The van der Waals surface area contributed by atoms with Gasteiger partial charge in [-0.05, 0) is 35.9 Å². The van der Waals surface area contributed by atoms with Crippen LogP contribution in [0.2, 0.25) is 5.02 Å². The number of halogens is 2. The van der Waals surface area contributed by atoms with Gasteiger partial charge in [0.05, 0.1) is 0 Å². The smallest absolute Gasteiger partial charge is 0.123 e. The highest BCUT2D eigenvalue weighted by molar-refractivity contribution is 9.10. The van der Waals surface area contributed by atoms with Crippen LogP contribution >= 0.6 is 27.5 Å². The van der Waals surface area contributed by atoms with Crippen LogP contribution in [0.4, 0.5) is 0 Å². The number of hydrogen-bond acceptors (Lipinski definition) is 1. The van der Waals surface area contributed by atoms with Gasteiger partial charge < -0.3 is 5.11 Å². The molecule has 15 heavy (non-hydrogen) atoms. The van der Waals surface area contributed by atoms with Crippen molar-refractivity contribution >= 4 is 27.5 Å². The van der Waals surface area contributed by atoms with E-state index >= 15 is 0 Å². The van der Waals surface area contributed by atoms with Crippen molar-refractivity contribution in [2.75, 3.05) is 0 Å². The van der Waals surface area contributed by atoms with Gasteiger partial charge in [0.15, 0.2) is 0 Å². The van der Waals surface area contributed by atoms with Crippen molar-refractivity contribution in [3.05, 3.63) is 52.0 Å². The number of phenolic OH excluding ortho intramolecular Hbond substituents is 1. The van der Waals surface area contributed by atoms with Crippen LogP contribution in [0.1, 0.15) is 0 Å². The van der Waals surface area contributed by atoms with E-state index in [1.165, 1.54) is 0 Å². The molecule has 2 rings (SSSR count). The Morgan fingerprint density at radius 2 is 1.67 bits per heavy atom. The topological polar surface area (TPSA) is 20.2 Å². The van der Waals surface area contributed by atoms with E-state index in [-0.39, 0.29) is 5.75 Å². The van der Waals surface area contributed by atoms with Gasteiger partial charge in [-0.15, -0.1) is 0 Å². The van der Waals surface area contributed by atoms with Crippen molar-refractivity contribution in [3.8, 4) is 16.9 Å². The summed E-state index contributed by atoms with van der Waals surface area (Å²) < 4.78 is 0.935. The van der Waals surface area contributed by atoms with Crippen LogP contribution in [0.3, 0.4) is 0 Å². The second-order valence-corrected chi connectivity index (χ2v) is 4.52. The van der Waals surface area contributed by atoms with Crippen molar-refractivity contribution < 1.29 is 5.11 Å². The van der Waals surface area contributed by atoms with E-state index in [4.69, 9.17) is 11.6 Å². The summed E-state index contributed by atoms with van der Waals surface area (Å²) in [5, 5.41) is 10.4. The van der Waals surface area contributed by atoms with Crippen LogP contribution in [-0.4, -0.2) is 5.11 Å². The second kappa shape index (κ2) is 4.25. The Labute approximate surface area is 101 Å². The van der Waals surface area contributed by atoms with Crippen LogP contribution in [0.25, 0.3) is 11.1 Å². The lowest BCUT2D eigenvalue weighted by atomic mass is 10.1. The van der Waals surface area contributed by atoms with E-state index < -0.39 is 0 Å². The standard InChI is InChI=1S/C12H8BrClO/c13-9-3-6-12(15)11(7-9)8-1-4-10(14)5-2-8/h1-7,15H.